The largest absolute Gasteiger partial charge is 0.165 e. The highest BCUT2D eigenvalue weighted by atomic mass is 32.2. The molecule has 218 valence electrons. The molecule has 0 aromatic carbocycles. The maximum absolute atomic E-state index is 2.28. The van der Waals surface area contributed by atoms with Crippen molar-refractivity contribution in [3.05, 3.63) is 0 Å². The molecule has 0 N–H and O–H groups in total. The van der Waals surface area contributed by atoms with Gasteiger partial charge in [-0.05, 0) is 60.2 Å². The van der Waals surface area contributed by atoms with Gasteiger partial charge in [0, 0.05) is 80.5 Å². The second kappa shape index (κ2) is 36.5. The quantitative estimate of drug-likeness (QED) is 0.0625. The van der Waals surface area contributed by atoms with Gasteiger partial charge in [-0.15, -0.1) is 0 Å². The Morgan fingerprint density at radius 1 is 0.389 bits per heavy atom. The Balaban J connectivity index is 3.86. The predicted molar refractivity (Wildman–Crippen MR) is 203 cm³/mol. The van der Waals surface area contributed by atoms with Gasteiger partial charge < -0.3 is 0 Å². The first kappa shape index (κ1) is 39.5. The summed E-state index contributed by atoms with van der Waals surface area (Å²) in [5.41, 5.74) is 0. The van der Waals surface area contributed by atoms with Gasteiger partial charge in [-0.25, -0.2) is 0 Å². The molecule has 0 fully saturated rings. The average Bonchev–Trinajstić information content (AvgIpc) is 2.89. The molecule has 0 heterocycles. The topological polar surface area (TPSA) is 0 Å². The van der Waals surface area contributed by atoms with Gasteiger partial charge in [0.05, 0.1) is 0 Å². The first-order valence-corrected chi connectivity index (χ1v) is 25.3. The monoisotopic (exact) mass is 686 g/mol. The lowest BCUT2D eigenvalue weighted by Crippen LogP contribution is -2.09. The maximum atomic E-state index is 2.28. The van der Waals surface area contributed by atoms with Crippen LogP contribution in [0.4, 0.5) is 0 Å². The van der Waals surface area contributed by atoms with Crippen molar-refractivity contribution in [1.82, 2.24) is 0 Å². The van der Waals surface area contributed by atoms with E-state index in [0.29, 0.717) is 0 Å². The van der Waals surface area contributed by atoms with Crippen molar-refractivity contribution >= 4 is 118 Å². The number of rotatable bonds is 32. The van der Waals surface area contributed by atoms with Crippen LogP contribution in [0.15, 0.2) is 0 Å². The molecule has 0 aliphatic heterocycles. The fourth-order valence-electron chi connectivity index (χ4n) is 2.91. The van der Waals surface area contributed by atoms with Crippen LogP contribution in [0.2, 0.25) is 0 Å². The van der Waals surface area contributed by atoms with E-state index in [1.807, 2.05) is 11.8 Å². The van der Waals surface area contributed by atoms with E-state index in [1.54, 1.807) is 0 Å². The van der Waals surface area contributed by atoms with Gasteiger partial charge in [0.15, 0.2) is 0 Å². The molecule has 0 aliphatic rings. The highest BCUT2D eigenvalue weighted by molar-refractivity contribution is 8.06. The summed E-state index contributed by atoms with van der Waals surface area (Å²) in [4.78, 5) is 0. The Morgan fingerprint density at radius 2 is 0.750 bits per heavy atom. The minimum absolute atomic E-state index is 0.925. The summed E-state index contributed by atoms with van der Waals surface area (Å²) in [5.74, 6) is 26.3. The predicted octanol–water partition coefficient (Wildman–Crippen LogP) is 9.77. The molecular formula is C26H54S10. The molecule has 0 aromatic heterocycles. The van der Waals surface area contributed by atoms with Gasteiger partial charge >= 0.3 is 0 Å². The van der Waals surface area contributed by atoms with Crippen LogP contribution < -0.4 is 0 Å². The summed E-state index contributed by atoms with van der Waals surface area (Å²) in [7, 11) is 0. The first-order valence-electron chi connectivity index (χ1n) is 13.5. The second-order valence-electron chi connectivity index (χ2n) is 7.99. The summed E-state index contributed by atoms with van der Waals surface area (Å²) in [6, 6.07) is 0. The van der Waals surface area contributed by atoms with Gasteiger partial charge in [0.25, 0.3) is 0 Å². The standard InChI is InChI=1S/C26H54S10/c1-4-8-29-15-18-34-20-17-31-10-7-26(6-9-30-16-19-33-14-13-28-5-2)25-36-24-23-35-22-21-32-12-11-27-3/h26H,4-25H2,1-3H3. The first-order chi connectivity index (χ1) is 17.8. The molecule has 0 saturated carbocycles. The Bertz CT molecular complexity index is 366. The Hall–Kier alpha value is 3.50. The molecule has 0 bridgehead atoms. The molecule has 0 saturated heterocycles. The van der Waals surface area contributed by atoms with E-state index in [-0.39, 0.29) is 0 Å². The van der Waals surface area contributed by atoms with Crippen molar-refractivity contribution in [3.8, 4) is 0 Å². The van der Waals surface area contributed by atoms with Gasteiger partial charge in [0.2, 0.25) is 0 Å². The van der Waals surface area contributed by atoms with E-state index in [4.69, 9.17) is 0 Å². The zero-order valence-corrected chi connectivity index (χ0v) is 31.4. The number of hydrogen-bond acceptors (Lipinski definition) is 10. The number of thioether (sulfide) groups is 10. The fraction of sp³-hybridized carbons (Fsp3) is 1.00. The third kappa shape index (κ3) is 33.7. The zero-order chi connectivity index (χ0) is 26.2. The van der Waals surface area contributed by atoms with E-state index in [9.17, 15) is 0 Å². The van der Waals surface area contributed by atoms with Crippen molar-refractivity contribution < 1.29 is 0 Å². The van der Waals surface area contributed by atoms with Crippen LogP contribution in [0, 0.1) is 5.92 Å². The molecule has 0 aromatic rings. The van der Waals surface area contributed by atoms with Gasteiger partial charge in [-0.1, -0.05) is 13.8 Å². The van der Waals surface area contributed by atoms with E-state index < -0.39 is 0 Å². The molecule has 0 spiro atoms. The molecule has 0 aliphatic carbocycles. The van der Waals surface area contributed by atoms with Gasteiger partial charge in [-0.2, -0.15) is 118 Å². The van der Waals surface area contributed by atoms with E-state index in [2.05, 4.69) is 126 Å². The molecule has 0 radical (unpaired) electrons. The van der Waals surface area contributed by atoms with Crippen molar-refractivity contribution in [3.63, 3.8) is 0 Å². The van der Waals surface area contributed by atoms with Crippen LogP contribution in [0.1, 0.15) is 33.1 Å². The van der Waals surface area contributed by atoms with Crippen LogP contribution in [-0.4, -0.2) is 116 Å². The summed E-state index contributed by atoms with van der Waals surface area (Å²) in [6.07, 6.45) is 6.38. The highest BCUT2D eigenvalue weighted by Gasteiger charge is 2.09. The summed E-state index contributed by atoms with van der Waals surface area (Å²) >= 11 is 21.4. The van der Waals surface area contributed by atoms with E-state index in [1.165, 1.54) is 129 Å². The third-order valence-corrected chi connectivity index (χ3v) is 16.6. The molecule has 1 atom stereocenters. The summed E-state index contributed by atoms with van der Waals surface area (Å²) in [5, 5.41) is 0. The van der Waals surface area contributed by atoms with Crippen LogP contribution in [0.5, 0.6) is 0 Å². The summed E-state index contributed by atoms with van der Waals surface area (Å²) in [6.45, 7) is 4.54. The van der Waals surface area contributed by atoms with Crippen molar-refractivity contribution in [2.24, 2.45) is 5.92 Å². The van der Waals surface area contributed by atoms with Gasteiger partial charge in [0.1, 0.15) is 0 Å². The van der Waals surface area contributed by atoms with Gasteiger partial charge in [-0.3, -0.25) is 0 Å². The molecular weight excluding hydrogens is 633 g/mol. The van der Waals surface area contributed by atoms with E-state index >= 15 is 0 Å². The van der Waals surface area contributed by atoms with E-state index in [0.717, 1.165) is 5.92 Å². The Morgan fingerprint density at radius 3 is 1.17 bits per heavy atom. The molecule has 1 unspecified atom stereocenters. The van der Waals surface area contributed by atoms with Crippen LogP contribution in [0.3, 0.4) is 0 Å². The average molecular weight is 687 g/mol. The Kier molecular flexibility index (Phi) is 40.1. The lowest BCUT2D eigenvalue weighted by atomic mass is 10.1. The highest BCUT2D eigenvalue weighted by Crippen LogP contribution is 2.23. The molecule has 0 rings (SSSR count). The molecule has 0 nitrogen and oxygen atoms in total. The SMILES string of the molecule is CCCSCCSCCSCCC(CCSCCSCCSCC)CSCCSCCSCCSC. The zero-order valence-electron chi connectivity index (χ0n) is 23.2. The lowest BCUT2D eigenvalue weighted by molar-refractivity contribution is 0.563. The van der Waals surface area contributed by atoms with Crippen LogP contribution in [0.25, 0.3) is 0 Å². The molecule has 36 heavy (non-hydrogen) atoms. The van der Waals surface area contributed by atoms with Crippen molar-refractivity contribution in [2.45, 2.75) is 33.1 Å². The van der Waals surface area contributed by atoms with Crippen molar-refractivity contribution in [1.29, 1.82) is 0 Å². The minimum Gasteiger partial charge on any atom is -0.165 e. The van der Waals surface area contributed by atoms with Crippen LogP contribution >= 0.6 is 118 Å². The normalized spacial score (nSPS) is 12.4. The second-order valence-corrected chi connectivity index (χ2v) is 20.1. The smallest absolute Gasteiger partial charge is 0.00238 e. The lowest BCUT2D eigenvalue weighted by Gasteiger charge is -2.16. The molecule has 0 amide bonds. The molecule has 10 heteroatoms. The van der Waals surface area contributed by atoms with Crippen molar-refractivity contribution in [2.75, 3.05) is 116 Å². The Labute approximate surface area is 269 Å². The van der Waals surface area contributed by atoms with Crippen LogP contribution in [-0.2, 0) is 0 Å². The minimum atomic E-state index is 0.925. The number of hydrogen-bond donors (Lipinski definition) is 0. The summed E-state index contributed by atoms with van der Waals surface area (Å²) < 4.78 is 0. The maximum Gasteiger partial charge on any atom is 0.00238 e. The fourth-order valence-corrected chi connectivity index (χ4v) is 13.5. The third-order valence-electron chi connectivity index (χ3n) is 4.91.